The van der Waals surface area contributed by atoms with Gasteiger partial charge < -0.3 is 4.74 Å². The van der Waals surface area contributed by atoms with Crippen molar-refractivity contribution in [3.05, 3.63) is 68.9 Å². The number of aromatic nitrogens is 1. The number of allylic oxidation sites excluding steroid dienone is 1. The highest BCUT2D eigenvalue weighted by molar-refractivity contribution is 9.28. The van der Waals surface area contributed by atoms with Gasteiger partial charge in [0, 0.05) is 11.8 Å². The van der Waals surface area contributed by atoms with Crippen molar-refractivity contribution >= 4 is 53.9 Å². The lowest BCUT2D eigenvalue weighted by atomic mass is 10.1. The van der Waals surface area contributed by atoms with E-state index in [0.717, 1.165) is 36.9 Å². The number of esters is 1. The lowest BCUT2D eigenvalue weighted by molar-refractivity contribution is -0.134. The molecule has 0 aliphatic rings. The Morgan fingerprint density at radius 1 is 1.07 bits per heavy atom. The molecule has 30 heavy (non-hydrogen) atoms. The quantitative estimate of drug-likeness (QED) is 0.205. The van der Waals surface area contributed by atoms with E-state index in [2.05, 4.69) is 36.6 Å². The molecule has 0 bridgehead atoms. The van der Waals surface area contributed by atoms with Gasteiger partial charge >= 0.3 is 5.97 Å². The number of hydrogen-bond donors (Lipinski definition) is 0. The summed E-state index contributed by atoms with van der Waals surface area (Å²) in [5.41, 5.74) is 2.33. The highest BCUT2D eigenvalue weighted by Gasteiger charge is 2.22. The van der Waals surface area contributed by atoms with Crippen molar-refractivity contribution in [1.82, 2.24) is 3.97 Å². The van der Waals surface area contributed by atoms with Crippen molar-refractivity contribution < 1.29 is 17.9 Å². The van der Waals surface area contributed by atoms with E-state index in [0.29, 0.717) is 15.5 Å². The summed E-state index contributed by atoms with van der Waals surface area (Å²) >= 11 is 6.64. The van der Waals surface area contributed by atoms with Gasteiger partial charge in [0.15, 0.2) is 0 Å². The van der Waals surface area contributed by atoms with Crippen molar-refractivity contribution in [1.29, 1.82) is 0 Å². The van der Waals surface area contributed by atoms with Crippen LogP contribution in [0.15, 0.2) is 56.8 Å². The van der Waals surface area contributed by atoms with Crippen LogP contribution in [0.2, 0.25) is 0 Å². The molecule has 0 atom stereocenters. The SMILES string of the molecule is COC(=O)/C=C/CCCCCc1ccc(C=C(Br)Br)n1S(=O)(=O)c1ccc(C)cc1. The standard InChI is InChI=1S/C22H25Br2NO4S/c1-17-10-14-20(15-11-17)30(27,28)25-18(12-13-19(25)16-21(23)24)8-6-4-3-5-7-9-22(26)29-2/h7,9-16H,3-6,8H2,1-2H3/b9-7+. The molecule has 0 fully saturated rings. The molecule has 0 aliphatic heterocycles. The zero-order valence-corrected chi connectivity index (χ0v) is 21.0. The summed E-state index contributed by atoms with van der Waals surface area (Å²) < 4.78 is 33.3. The molecule has 8 heteroatoms. The number of carbonyl (C=O) groups is 1. The van der Waals surface area contributed by atoms with Crippen LogP contribution >= 0.6 is 31.9 Å². The summed E-state index contributed by atoms with van der Waals surface area (Å²) in [6.07, 6.45) is 9.06. The number of carbonyl (C=O) groups excluding carboxylic acids is 1. The monoisotopic (exact) mass is 557 g/mol. The largest absolute Gasteiger partial charge is 0.466 e. The maximum absolute atomic E-state index is 13.3. The number of halogens is 2. The molecule has 162 valence electrons. The summed E-state index contributed by atoms with van der Waals surface area (Å²) in [6, 6.07) is 10.5. The lowest BCUT2D eigenvalue weighted by Crippen LogP contribution is -2.17. The van der Waals surface area contributed by atoms with Gasteiger partial charge in [0.05, 0.1) is 21.1 Å². The number of methoxy groups -OCH3 is 1. The summed E-state index contributed by atoms with van der Waals surface area (Å²) in [5.74, 6) is -0.354. The zero-order chi connectivity index (χ0) is 22.1. The molecule has 0 radical (unpaired) electrons. The molecule has 1 heterocycles. The minimum Gasteiger partial charge on any atom is -0.466 e. The molecule has 5 nitrogen and oxygen atoms in total. The molecule has 0 aliphatic carbocycles. The van der Waals surface area contributed by atoms with Gasteiger partial charge in [-0.15, -0.1) is 0 Å². The third-order valence-corrected chi connectivity index (χ3v) is 6.77. The Bertz CT molecular complexity index is 1020. The fraction of sp³-hybridized carbons (Fsp3) is 0.318. The molecule has 0 spiro atoms. The molecule has 1 aromatic carbocycles. The number of aryl methyl sites for hydroxylation is 2. The number of hydrogen-bond acceptors (Lipinski definition) is 4. The summed E-state index contributed by atoms with van der Waals surface area (Å²) in [4.78, 5) is 11.3. The van der Waals surface area contributed by atoms with Crippen LogP contribution in [0.1, 0.15) is 42.6 Å². The van der Waals surface area contributed by atoms with E-state index < -0.39 is 10.0 Å². The van der Waals surface area contributed by atoms with Crippen molar-refractivity contribution in [3.63, 3.8) is 0 Å². The minimum atomic E-state index is -3.72. The fourth-order valence-corrected chi connectivity index (χ4v) is 5.00. The van der Waals surface area contributed by atoms with Crippen molar-refractivity contribution in [2.24, 2.45) is 0 Å². The van der Waals surface area contributed by atoms with Gasteiger partial charge in [-0.1, -0.05) is 30.2 Å². The van der Waals surface area contributed by atoms with E-state index in [1.54, 1.807) is 36.4 Å². The predicted molar refractivity (Wildman–Crippen MR) is 127 cm³/mol. The molecule has 0 saturated carbocycles. The second kappa shape index (κ2) is 11.7. The van der Waals surface area contributed by atoms with E-state index >= 15 is 0 Å². The van der Waals surface area contributed by atoms with E-state index in [-0.39, 0.29) is 10.9 Å². The average molecular weight is 559 g/mol. The number of rotatable bonds is 10. The Kier molecular flexibility index (Phi) is 9.58. The van der Waals surface area contributed by atoms with Gasteiger partial charge in [-0.25, -0.2) is 17.2 Å². The molecular formula is C22H25Br2NO4S. The first kappa shape index (κ1) is 24.6. The Labute approximate surface area is 195 Å². The third-order valence-electron chi connectivity index (χ3n) is 4.52. The molecule has 0 saturated heterocycles. The van der Waals surface area contributed by atoms with E-state index in [9.17, 15) is 13.2 Å². The number of unbranched alkanes of at least 4 members (excludes halogenated alkanes) is 3. The molecule has 0 N–H and O–H groups in total. The van der Waals surface area contributed by atoms with Crippen LogP contribution in [-0.2, 0) is 26.0 Å². The van der Waals surface area contributed by atoms with Gasteiger partial charge in [-0.2, -0.15) is 0 Å². The molecule has 0 unspecified atom stereocenters. The minimum absolute atomic E-state index is 0.263. The maximum Gasteiger partial charge on any atom is 0.330 e. The van der Waals surface area contributed by atoms with Crippen LogP contribution in [-0.4, -0.2) is 25.5 Å². The van der Waals surface area contributed by atoms with Crippen LogP contribution in [0.25, 0.3) is 6.08 Å². The summed E-state index contributed by atoms with van der Waals surface area (Å²) in [5, 5.41) is 0. The molecule has 1 aromatic heterocycles. The van der Waals surface area contributed by atoms with Crippen LogP contribution in [0.4, 0.5) is 0 Å². The van der Waals surface area contributed by atoms with Crippen LogP contribution < -0.4 is 0 Å². The van der Waals surface area contributed by atoms with Crippen molar-refractivity contribution in [2.75, 3.05) is 7.11 Å². The third kappa shape index (κ3) is 6.96. The molecule has 2 aromatic rings. The van der Waals surface area contributed by atoms with E-state index in [4.69, 9.17) is 0 Å². The fourth-order valence-electron chi connectivity index (χ4n) is 2.99. The van der Waals surface area contributed by atoms with Gasteiger partial charge in [-0.05, 0) is 94.8 Å². The van der Waals surface area contributed by atoms with Gasteiger partial charge in [0.25, 0.3) is 10.0 Å². The van der Waals surface area contributed by atoms with Crippen LogP contribution in [0.5, 0.6) is 0 Å². The predicted octanol–water partition coefficient (Wildman–Crippen LogP) is 5.95. The topological polar surface area (TPSA) is 65.4 Å². The Balaban J connectivity index is 2.16. The normalized spacial score (nSPS) is 11.6. The van der Waals surface area contributed by atoms with Gasteiger partial charge in [0.2, 0.25) is 0 Å². The molecule has 2 rings (SSSR count). The highest BCUT2D eigenvalue weighted by atomic mass is 79.9. The molecule has 0 amide bonds. The van der Waals surface area contributed by atoms with Crippen molar-refractivity contribution in [2.45, 2.75) is 43.9 Å². The van der Waals surface area contributed by atoms with Gasteiger partial charge in [-0.3, -0.25) is 0 Å². The van der Waals surface area contributed by atoms with E-state index in [1.807, 2.05) is 19.1 Å². The number of benzene rings is 1. The Morgan fingerprint density at radius 3 is 2.40 bits per heavy atom. The average Bonchev–Trinajstić information content (AvgIpc) is 3.09. The smallest absolute Gasteiger partial charge is 0.330 e. The van der Waals surface area contributed by atoms with E-state index in [1.165, 1.54) is 17.2 Å². The Hall–Kier alpha value is -1.64. The highest BCUT2D eigenvalue weighted by Crippen LogP contribution is 2.26. The number of nitrogens with zero attached hydrogens (tertiary/aromatic N) is 1. The van der Waals surface area contributed by atoms with Crippen LogP contribution in [0.3, 0.4) is 0 Å². The first-order valence-electron chi connectivity index (χ1n) is 9.55. The second-order valence-electron chi connectivity index (χ2n) is 6.79. The first-order valence-corrected chi connectivity index (χ1v) is 12.6. The summed E-state index contributed by atoms with van der Waals surface area (Å²) in [6.45, 7) is 1.92. The Morgan fingerprint density at radius 2 is 1.77 bits per heavy atom. The maximum atomic E-state index is 13.3. The van der Waals surface area contributed by atoms with Crippen molar-refractivity contribution in [3.8, 4) is 0 Å². The summed E-state index contributed by atoms with van der Waals surface area (Å²) in [7, 11) is -2.36. The van der Waals surface area contributed by atoms with Crippen LogP contribution in [0, 0.1) is 6.92 Å². The number of ether oxygens (including phenoxy) is 1. The van der Waals surface area contributed by atoms with Gasteiger partial charge in [0.1, 0.15) is 0 Å². The first-order chi connectivity index (χ1) is 14.3. The lowest BCUT2D eigenvalue weighted by Gasteiger charge is -2.13. The zero-order valence-electron chi connectivity index (χ0n) is 17.0. The second-order valence-corrected chi connectivity index (χ2v) is 11.4. The molecular weight excluding hydrogens is 534 g/mol.